The summed E-state index contributed by atoms with van der Waals surface area (Å²) in [6.07, 6.45) is 2.55. The first-order valence-corrected chi connectivity index (χ1v) is 8.91. The Kier molecular flexibility index (Phi) is 5.71. The lowest BCUT2D eigenvalue weighted by atomic mass is 9.99. The van der Waals surface area contributed by atoms with Gasteiger partial charge in [0.25, 0.3) is 5.91 Å². The van der Waals surface area contributed by atoms with Gasteiger partial charge in [0.1, 0.15) is 5.75 Å². The minimum Gasteiger partial charge on any atom is -0.495 e. The van der Waals surface area contributed by atoms with Gasteiger partial charge in [0, 0.05) is 12.1 Å². The first-order chi connectivity index (χ1) is 12.2. The zero-order chi connectivity index (χ0) is 17.6. The highest BCUT2D eigenvalue weighted by Gasteiger charge is 2.16. The molecule has 1 aliphatic rings. The van der Waals surface area contributed by atoms with Crippen LogP contribution in [0.4, 0.5) is 5.69 Å². The number of methoxy groups -OCH3 is 1. The second kappa shape index (κ2) is 8.17. The van der Waals surface area contributed by atoms with Crippen molar-refractivity contribution in [1.29, 1.82) is 0 Å². The summed E-state index contributed by atoms with van der Waals surface area (Å²) in [5.41, 5.74) is 2.59. The number of nitrogens with zero attached hydrogens (tertiary/aromatic N) is 1. The fourth-order valence-corrected chi connectivity index (χ4v) is 3.18. The van der Waals surface area contributed by atoms with Crippen LogP contribution in [0, 0.1) is 5.92 Å². The molecular formula is C21H26N2O2. The number of hydrogen-bond acceptors (Lipinski definition) is 3. The third kappa shape index (κ3) is 4.60. The summed E-state index contributed by atoms with van der Waals surface area (Å²) >= 11 is 0. The fraction of sp³-hybridized carbons (Fsp3) is 0.381. The summed E-state index contributed by atoms with van der Waals surface area (Å²) in [6.45, 7) is 5.61. The van der Waals surface area contributed by atoms with Crippen LogP contribution in [-0.4, -0.2) is 31.0 Å². The number of hydrogen-bond donors (Lipinski definition) is 1. The second-order valence-electron chi connectivity index (χ2n) is 6.81. The van der Waals surface area contributed by atoms with Gasteiger partial charge in [-0.25, -0.2) is 0 Å². The van der Waals surface area contributed by atoms with Gasteiger partial charge in [0.15, 0.2) is 0 Å². The molecule has 0 aromatic heterocycles. The van der Waals surface area contributed by atoms with Gasteiger partial charge < -0.3 is 10.1 Å². The van der Waals surface area contributed by atoms with Crippen molar-refractivity contribution < 1.29 is 9.53 Å². The van der Waals surface area contributed by atoms with Crippen LogP contribution in [0.5, 0.6) is 5.75 Å². The van der Waals surface area contributed by atoms with Crippen molar-refractivity contribution in [3.8, 4) is 5.75 Å². The monoisotopic (exact) mass is 338 g/mol. The maximum atomic E-state index is 12.4. The summed E-state index contributed by atoms with van der Waals surface area (Å²) in [5, 5.41) is 2.91. The summed E-state index contributed by atoms with van der Waals surface area (Å²) < 4.78 is 5.27. The number of anilines is 1. The lowest BCUT2D eigenvalue weighted by Crippen LogP contribution is -2.32. The Hall–Kier alpha value is -2.33. The van der Waals surface area contributed by atoms with Crippen molar-refractivity contribution >= 4 is 11.6 Å². The van der Waals surface area contributed by atoms with E-state index in [9.17, 15) is 4.79 Å². The number of amides is 1. The van der Waals surface area contributed by atoms with Crippen LogP contribution in [0.2, 0.25) is 0 Å². The number of likely N-dealkylation sites (tertiary alicyclic amines) is 1. The van der Waals surface area contributed by atoms with Crippen LogP contribution in [-0.2, 0) is 6.54 Å². The lowest BCUT2D eigenvalue weighted by molar-refractivity contribution is 0.102. The summed E-state index contributed by atoms with van der Waals surface area (Å²) in [4.78, 5) is 14.9. The molecule has 1 saturated heterocycles. The number of benzene rings is 2. The predicted molar refractivity (Wildman–Crippen MR) is 101 cm³/mol. The molecule has 2 aromatic carbocycles. The number of piperidine rings is 1. The van der Waals surface area contributed by atoms with Crippen LogP contribution >= 0.6 is 0 Å². The number of carbonyl (C=O) groups excluding carboxylic acids is 1. The van der Waals surface area contributed by atoms with E-state index in [1.165, 1.54) is 18.4 Å². The normalized spacial score (nSPS) is 15.8. The Bertz CT molecular complexity index is 704. The first-order valence-electron chi connectivity index (χ1n) is 8.91. The smallest absolute Gasteiger partial charge is 0.255 e. The highest BCUT2D eigenvalue weighted by molar-refractivity contribution is 6.05. The van der Waals surface area contributed by atoms with Crippen LogP contribution in [0.3, 0.4) is 0 Å². The lowest BCUT2D eigenvalue weighted by Gasteiger charge is -2.30. The van der Waals surface area contributed by atoms with Crippen LogP contribution < -0.4 is 10.1 Å². The number of nitrogens with one attached hydrogen (secondary N) is 1. The molecule has 1 fully saturated rings. The van der Waals surface area contributed by atoms with Crippen LogP contribution in [0.1, 0.15) is 35.7 Å². The molecule has 0 saturated carbocycles. The molecule has 1 aliphatic heterocycles. The molecule has 25 heavy (non-hydrogen) atoms. The number of carbonyl (C=O) groups is 1. The van der Waals surface area contributed by atoms with Crippen molar-refractivity contribution in [3.05, 3.63) is 59.7 Å². The Morgan fingerprint density at radius 1 is 1.12 bits per heavy atom. The third-order valence-electron chi connectivity index (χ3n) is 4.85. The Morgan fingerprint density at radius 3 is 2.48 bits per heavy atom. The van der Waals surface area contributed by atoms with E-state index in [1.807, 2.05) is 36.4 Å². The number of rotatable bonds is 5. The average molecular weight is 338 g/mol. The molecule has 3 rings (SSSR count). The molecule has 0 unspecified atom stereocenters. The molecule has 1 heterocycles. The van der Waals surface area contributed by atoms with E-state index in [4.69, 9.17) is 4.74 Å². The SMILES string of the molecule is COc1ccccc1NC(=O)c1ccc(CN2CCC(C)CC2)cc1. The first kappa shape index (κ1) is 17.5. The molecular weight excluding hydrogens is 312 g/mol. The van der Waals surface area contributed by atoms with E-state index in [1.54, 1.807) is 7.11 Å². The third-order valence-corrected chi connectivity index (χ3v) is 4.85. The van der Waals surface area contributed by atoms with Crippen molar-refractivity contribution in [2.24, 2.45) is 5.92 Å². The molecule has 0 aliphatic carbocycles. The maximum Gasteiger partial charge on any atom is 0.255 e. The Morgan fingerprint density at radius 2 is 1.80 bits per heavy atom. The van der Waals surface area contributed by atoms with Crippen molar-refractivity contribution in [1.82, 2.24) is 4.90 Å². The second-order valence-corrected chi connectivity index (χ2v) is 6.81. The maximum absolute atomic E-state index is 12.4. The molecule has 4 heteroatoms. The van der Waals surface area contributed by atoms with E-state index in [-0.39, 0.29) is 5.91 Å². The van der Waals surface area contributed by atoms with Crippen LogP contribution in [0.15, 0.2) is 48.5 Å². The van der Waals surface area contributed by atoms with Gasteiger partial charge in [-0.05, 0) is 61.7 Å². The van der Waals surface area contributed by atoms with E-state index < -0.39 is 0 Å². The van der Waals surface area contributed by atoms with E-state index in [0.717, 1.165) is 25.6 Å². The Balaban J connectivity index is 1.60. The minimum absolute atomic E-state index is 0.122. The quantitative estimate of drug-likeness (QED) is 0.889. The predicted octanol–water partition coefficient (Wildman–Crippen LogP) is 4.18. The zero-order valence-corrected chi connectivity index (χ0v) is 15.0. The highest BCUT2D eigenvalue weighted by Crippen LogP contribution is 2.24. The topological polar surface area (TPSA) is 41.6 Å². The van der Waals surface area contributed by atoms with E-state index in [2.05, 4.69) is 29.3 Å². The van der Waals surface area contributed by atoms with E-state index >= 15 is 0 Å². The highest BCUT2D eigenvalue weighted by atomic mass is 16.5. The zero-order valence-electron chi connectivity index (χ0n) is 15.0. The minimum atomic E-state index is -0.122. The van der Waals surface area contributed by atoms with Crippen molar-refractivity contribution in [3.63, 3.8) is 0 Å². The standard InChI is InChI=1S/C21H26N2O2/c1-16-11-13-23(14-12-16)15-17-7-9-18(10-8-17)21(24)22-19-5-3-4-6-20(19)25-2/h3-10,16H,11-15H2,1-2H3,(H,22,24). The van der Waals surface area contributed by atoms with Gasteiger partial charge in [-0.15, -0.1) is 0 Å². The van der Waals surface area contributed by atoms with E-state index in [0.29, 0.717) is 17.0 Å². The number of para-hydroxylation sites is 2. The van der Waals surface area contributed by atoms with Crippen LogP contribution in [0.25, 0.3) is 0 Å². The molecule has 0 atom stereocenters. The molecule has 132 valence electrons. The summed E-state index contributed by atoms with van der Waals surface area (Å²) in [6, 6.07) is 15.3. The van der Waals surface area contributed by atoms with Gasteiger partial charge in [0.2, 0.25) is 0 Å². The molecule has 1 N–H and O–H groups in total. The van der Waals surface area contributed by atoms with Gasteiger partial charge in [-0.1, -0.05) is 31.2 Å². The molecule has 2 aromatic rings. The molecule has 4 nitrogen and oxygen atoms in total. The van der Waals surface area contributed by atoms with Crippen molar-refractivity contribution in [2.75, 3.05) is 25.5 Å². The van der Waals surface area contributed by atoms with Gasteiger partial charge in [0.05, 0.1) is 12.8 Å². The largest absolute Gasteiger partial charge is 0.495 e. The summed E-state index contributed by atoms with van der Waals surface area (Å²) in [5.74, 6) is 1.38. The molecule has 0 radical (unpaired) electrons. The fourth-order valence-electron chi connectivity index (χ4n) is 3.18. The van der Waals surface area contributed by atoms with Gasteiger partial charge in [-0.2, -0.15) is 0 Å². The Labute approximate surface area is 149 Å². The van der Waals surface area contributed by atoms with Crippen molar-refractivity contribution in [2.45, 2.75) is 26.3 Å². The number of ether oxygens (including phenoxy) is 1. The molecule has 0 spiro atoms. The molecule has 1 amide bonds. The summed E-state index contributed by atoms with van der Waals surface area (Å²) in [7, 11) is 1.60. The average Bonchev–Trinajstić information content (AvgIpc) is 2.64. The molecule has 0 bridgehead atoms. The van der Waals surface area contributed by atoms with Gasteiger partial charge in [-0.3, -0.25) is 9.69 Å². The van der Waals surface area contributed by atoms with Gasteiger partial charge >= 0.3 is 0 Å².